The van der Waals surface area contributed by atoms with E-state index in [0.29, 0.717) is 6.42 Å². The van der Waals surface area contributed by atoms with Crippen LogP contribution in [0.25, 0.3) is 6.08 Å². The SMILES string of the molecule is C#CCS(=O)(=O)c1ccc(C=CC2=NNC(=O)CC2C)cc1OC. The molecule has 2 rings (SSSR count). The summed E-state index contributed by atoms with van der Waals surface area (Å²) < 4.78 is 29.4. The number of benzene rings is 1. The number of carbonyl (C=O) groups excluding carboxylic acids is 1. The molecule has 0 aliphatic carbocycles. The molecule has 126 valence electrons. The van der Waals surface area contributed by atoms with Gasteiger partial charge in [0.05, 0.1) is 12.8 Å². The molecule has 7 heteroatoms. The minimum atomic E-state index is -3.58. The smallest absolute Gasteiger partial charge is 0.240 e. The topological polar surface area (TPSA) is 84.8 Å². The Hall–Kier alpha value is -2.59. The van der Waals surface area contributed by atoms with E-state index in [1.54, 1.807) is 24.3 Å². The van der Waals surface area contributed by atoms with Crippen LogP contribution >= 0.6 is 0 Å². The Labute approximate surface area is 141 Å². The van der Waals surface area contributed by atoms with E-state index in [1.165, 1.54) is 13.2 Å². The number of ether oxygens (including phenoxy) is 1. The number of sulfone groups is 1. The number of terminal acetylenes is 1. The van der Waals surface area contributed by atoms with Crippen molar-refractivity contribution in [2.24, 2.45) is 11.0 Å². The summed E-state index contributed by atoms with van der Waals surface area (Å²) in [5, 5.41) is 4.01. The van der Waals surface area contributed by atoms with Crippen LogP contribution in [0, 0.1) is 18.3 Å². The molecular weight excluding hydrogens is 328 g/mol. The first-order valence-corrected chi connectivity index (χ1v) is 8.91. The number of nitrogens with zero attached hydrogens (tertiary/aromatic N) is 1. The second-order valence-corrected chi connectivity index (χ2v) is 7.34. The molecule has 1 heterocycles. The molecule has 1 atom stereocenters. The molecule has 24 heavy (non-hydrogen) atoms. The van der Waals surface area contributed by atoms with E-state index >= 15 is 0 Å². The summed E-state index contributed by atoms with van der Waals surface area (Å²) in [6.07, 6.45) is 9.06. The predicted octanol–water partition coefficient (Wildman–Crippen LogP) is 1.63. The summed E-state index contributed by atoms with van der Waals surface area (Å²) in [5.41, 5.74) is 3.94. The van der Waals surface area contributed by atoms with Crippen molar-refractivity contribution in [3.05, 3.63) is 29.8 Å². The Morgan fingerprint density at radius 2 is 2.21 bits per heavy atom. The van der Waals surface area contributed by atoms with E-state index in [2.05, 4.69) is 16.4 Å². The van der Waals surface area contributed by atoms with Gasteiger partial charge in [-0.05, 0) is 23.8 Å². The fourth-order valence-electron chi connectivity index (χ4n) is 2.28. The summed E-state index contributed by atoms with van der Waals surface area (Å²) in [7, 11) is -2.17. The maximum atomic E-state index is 12.1. The minimum absolute atomic E-state index is 0.0205. The van der Waals surface area contributed by atoms with Crippen LogP contribution in [0.4, 0.5) is 0 Å². The third-order valence-corrected chi connectivity index (χ3v) is 5.10. The molecule has 1 amide bonds. The molecule has 1 aromatic rings. The van der Waals surface area contributed by atoms with Gasteiger partial charge in [-0.15, -0.1) is 6.42 Å². The van der Waals surface area contributed by atoms with Gasteiger partial charge in [-0.3, -0.25) is 4.79 Å². The molecule has 0 aromatic heterocycles. The molecule has 1 unspecified atom stereocenters. The number of hydrazone groups is 1. The summed E-state index contributed by atoms with van der Waals surface area (Å²) in [4.78, 5) is 11.3. The second kappa shape index (κ2) is 7.32. The van der Waals surface area contributed by atoms with E-state index in [4.69, 9.17) is 11.2 Å². The lowest BCUT2D eigenvalue weighted by atomic mass is 9.99. The number of amides is 1. The fourth-order valence-corrected chi connectivity index (χ4v) is 3.38. The maximum absolute atomic E-state index is 12.1. The van der Waals surface area contributed by atoms with Crippen molar-refractivity contribution >= 4 is 27.5 Å². The largest absolute Gasteiger partial charge is 0.495 e. The standard InChI is InChI=1S/C17H18N2O4S/c1-4-9-24(21,22)16-8-6-13(11-15(16)23-3)5-7-14-12(2)10-17(20)19-18-14/h1,5-8,11-12H,9-10H2,2-3H3,(H,19,20). The number of nitrogens with one attached hydrogen (secondary N) is 1. The highest BCUT2D eigenvalue weighted by atomic mass is 32.2. The van der Waals surface area contributed by atoms with Crippen molar-refractivity contribution in [3.63, 3.8) is 0 Å². The number of hydrogen-bond donors (Lipinski definition) is 1. The molecule has 1 aromatic carbocycles. The van der Waals surface area contributed by atoms with Crippen LogP contribution in [0.5, 0.6) is 5.75 Å². The van der Waals surface area contributed by atoms with E-state index in [-0.39, 0.29) is 28.2 Å². The Morgan fingerprint density at radius 3 is 2.83 bits per heavy atom. The molecule has 6 nitrogen and oxygen atoms in total. The van der Waals surface area contributed by atoms with E-state index < -0.39 is 9.84 Å². The first-order valence-electron chi connectivity index (χ1n) is 7.26. The van der Waals surface area contributed by atoms with E-state index in [9.17, 15) is 13.2 Å². The Balaban J connectivity index is 2.29. The lowest BCUT2D eigenvalue weighted by Gasteiger charge is -2.16. The van der Waals surface area contributed by atoms with E-state index in [0.717, 1.165) is 11.3 Å². The molecule has 0 saturated carbocycles. The van der Waals surface area contributed by atoms with Crippen molar-refractivity contribution < 1.29 is 17.9 Å². The molecular formula is C17H18N2O4S. The van der Waals surface area contributed by atoms with E-state index in [1.807, 2.05) is 6.92 Å². The third-order valence-electron chi connectivity index (χ3n) is 3.55. The van der Waals surface area contributed by atoms with Gasteiger partial charge >= 0.3 is 0 Å². The number of allylic oxidation sites excluding steroid dienone is 1. The van der Waals surface area contributed by atoms with Crippen LogP contribution in [0.1, 0.15) is 18.9 Å². The van der Waals surface area contributed by atoms with Crippen molar-refractivity contribution in [2.75, 3.05) is 12.9 Å². The van der Waals surface area contributed by atoms with Gasteiger partial charge in [-0.25, -0.2) is 13.8 Å². The fraction of sp³-hybridized carbons (Fsp3) is 0.294. The molecule has 1 N–H and O–H groups in total. The molecule has 0 bridgehead atoms. The minimum Gasteiger partial charge on any atom is -0.495 e. The number of methoxy groups -OCH3 is 1. The molecule has 0 spiro atoms. The number of carbonyl (C=O) groups is 1. The Morgan fingerprint density at radius 1 is 1.46 bits per heavy atom. The molecule has 0 saturated heterocycles. The molecule has 1 aliphatic rings. The zero-order valence-electron chi connectivity index (χ0n) is 13.4. The van der Waals surface area contributed by atoms with Gasteiger partial charge < -0.3 is 4.74 Å². The van der Waals surface area contributed by atoms with Gasteiger partial charge in [-0.1, -0.05) is 25.0 Å². The van der Waals surface area contributed by atoms with Crippen LogP contribution in [0.2, 0.25) is 0 Å². The van der Waals surface area contributed by atoms with Gasteiger partial charge in [0, 0.05) is 12.3 Å². The highest BCUT2D eigenvalue weighted by Crippen LogP contribution is 2.26. The van der Waals surface area contributed by atoms with Gasteiger partial charge in [0.25, 0.3) is 0 Å². The van der Waals surface area contributed by atoms with Crippen molar-refractivity contribution in [3.8, 4) is 18.1 Å². The van der Waals surface area contributed by atoms with Crippen molar-refractivity contribution in [2.45, 2.75) is 18.2 Å². The number of rotatable bonds is 5. The van der Waals surface area contributed by atoms with Crippen LogP contribution in [-0.2, 0) is 14.6 Å². The van der Waals surface area contributed by atoms with Crippen LogP contribution in [0.3, 0.4) is 0 Å². The van der Waals surface area contributed by atoms with Gasteiger partial charge in [0.2, 0.25) is 5.91 Å². The zero-order valence-corrected chi connectivity index (χ0v) is 14.3. The Kier molecular flexibility index (Phi) is 5.42. The summed E-state index contributed by atoms with van der Waals surface area (Å²) in [6.45, 7) is 1.91. The van der Waals surface area contributed by atoms with Crippen LogP contribution in [0.15, 0.2) is 34.3 Å². The summed E-state index contributed by atoms with van der Waals surface area (Å²) >= 11 is 0. The molecule has 0 radical (unpaired) electrons. The molecule has 0 fully saturated rings. The van der Waals surface area contributed by atoms with Crippen LogP contribution in [-0.4, -0.2) is 32.9 Å². The van der Waals surface area contributed by atoms with Gasteiger partial charge in [0.1, 0.15) is 16.4 Å². The van der Waals surface area contributed by atoms with Gasteiger partial charge in [0.15, 0.2) is 9.84 Å². The Bertz CT molecular complexity index is 848. The highest BCUT2D eigenvalue weighted by Gasteiger charge is 2.19. The lowest BCUT2D eigenvalue weighted by molar-refractivity contribution is -0.121. The maximum Gasteiger partial charge on any atom is 0.240 e. The van der Waals surface area contributed by atoms with Gasteiger partial charge in [-0.2, -0.15) is 5.10 Å². The van der Waals surface area contributed by atoms with Crippen molar-refractivity contribution in [1.29, 1.82) is 0 Å². The quantitative estimate of drug-likeness (QED) is 0.821. The summed E-state index contributed by atoms with van der Waals surface area (Å²) in [6, 6.07) is 4.75. The first kappa shape index (κ1) is 17.8. The average molecular weight is 346 g/mol. The highest BCUT2D eigenvalue weighted by molar-refractivity contribution is 7.91. The number of hydrogen-bond acceptors (Lipinski definition) is 5. The average Bonchev–Trinajstić information content (AvgIpc) is 2.53. The van der Waals surface area contributed by atoms with Crippen molar-refractivity contribution in [1.82, 2.24) is 5.43 Å². The lowest BCUT2D eigenvalue weighted by Crippen LogP contribution is -2.30. The second-order valence-electron chi connectivity index (χ2n) is 5.38. The normalized spacial score (nSPS) is 18.0. The first-order chi connectivity index (χ1) is 11.4. The molecule has 1 aliphatic heterocycles. The summed E-state index contributed by atoms with van der Waals surface area (Å²) in [5.74, 6) is 1.91. The predicted molar refractivity (Wildman–Crippen MR) is 92.3 cm³/mol. The van der Waals surface area contributed by atoms with Crippen LogP contribution < -0.4 is 10.2 Å². The third kappa shape index (κ3) is 4.03. The zero-order chi connectivity index (χ0) is 17.7. The monoisotopic (exact) mass is 346 g/mol.